The number of esters is 2. The van der Waals surface area contributed by atoms with Gasteiger partial charge in [0, 0.05) is 12.3 Å². The van der Waals surface area contributed by atoms with Gasteiger partial charge in [-0.25, -0.2) is 0 Å². The van der Waals surface area contributed by atoms with Crippen molar-refractivity contribution >= 4 is 17.7 Å². The van der Waals surface area contributed by atoms with Gasteiger partial charge in [-0.15, -0.1) is 0 Å². The molecule has 0 aromatic heterocycles. The molecule has 1 saturated heterocycles. The number of hydrogen-bond donors (Lipinski definition) is 0. The third-order valence-electron chi connectivity index (χ3n) is 7.34. The van der Waals surface area contributed by atoms with Crippen molar-refractivity contribution in [3.8, 4) is 0 Å². The van der Waals surface area contributed by atoms with E-state index in [4.69, 9.17) is 9.47 Å². The van der Waals surface area contributed by atoms with Gasteiger partial charge in [-0.3, -0.25) is 14.4 Å². The minimum Gasteiger partial charge on any atom is -0.469 e. The minimum atomic E-state index is -0.507. The van der Waals surface area contributed by atoms with Crippen LogP contribution in [-0.4, -0.2) is 31.4 Å². The molecule has 0 spiro atoms. The van der Waals surface area contributed by atoms with Crippen molar-refractivity contribution in [1.82, 2.24) is 0 Å². The number of rotatable bonds is 4. The lowest BCUT2D eigenvalue weighted by molar-refractivity contribution is -0.173. The molecule has 5 heteroatoms. The molecule has 0 N–H and O–H groups in total. The lowest BCUT2D eigenvalue weighted by atomic mass is 9.47. The Balaban J connectivity index is 1.81. The van der Waals surface area contributed by atoms with Crippen LogP contribution in [0.3, 0.4) is 0 Å². The lowest BCUT2D eigenvalue weighted by Crippen LogP contribution is -2.55. The van der Waals surface area contributed by atoms with E-state index in [-0.39, 0.29) is 35.1 Å². The second-order valence-electron chi connectivity index (χ2n) is 8.61. The lowest BCUT2D eigenvalue weighted by Gasteiger charge is -2.56. The fourth-order valence-electron chi connectivity index (χ4n) is 5.94. The Hall–Kier alpha value is -1.39. The Bertz CT molecular complexity index is 570. The Labute approximate surface area is 149 Å². The maximum absolute atomic E-state index is 12.8. The maximum Gasteiger partial charge on any atom is 0.311 e. The largest absolute Gasteiger partial charge is 0.469 e. The SMILES string of the molecule is COC(=O)[C@@]1(C)CCC[C@@]2(C)C1CCC(=O)[C@@H]2CCC1CCOC1=O. The number of cyclic esters (lactones) is 1. The predicted octanol–water partition coefficient (Wildman–Crippen LogP) is 3.29. The van der Waals surface area contributed by atoms with Crippen LogP contribution < -0.4 is 0 Å². The first kappa shape index (κ1) is 18.4. The molecule has 0 amide bonds. The second kappa shape index (κ2) is 6.73. The van der Waals surface area contributed by atoms with Gasteiger partial charge in [0.15, 0.2) is 0 Å². The first-order valence-corrected chi connectivity index (χ1v) is 9.60. The van der Waals surface area contributed by atoms with Gasteiger partial charge in [0.05, 0.1) is 25.0 Å². The Morgan fingerprint density at radius 2 is 1.96 bits per heavy atom. The van der Waals surface area contributed by atoms with E-state index in [0.29, 0.717) is 25.2 Å². The van der Waals surface area contributed by atoms with Crippen molar-refractivity contribution in [2.75, 3.05) is 13.7 Å². The zero-order valence-corrected chi connectivity index (χ0v) is 15.6. The molecule has 3 fully saturated rings. The Morgan fingerprint density at radius 1 is 1.20 bits per heavy atom. The quantitative estimate of drug-likeness (QED) is 0.728. The van der Waals surface area contributed by atoms with Crippen LogP contribution in [-0.2, 0) is 23.9 Å². The third-order valence-corrected chi connectivity index (χ3v) is 7.34. The van der Waals surface area contributed by atoms with Crippen LogP contribution in [0.2, 0.25) is 0 Å². The molecule has 0 radical (unpaired) electrons. The molecule has 0 aromatic carbocycles. The highest BCUT2D eigenvalue weighted by Crippen LogP contribution is 2.60. The number of ketones is 1. The summed E-state index contributed by atoms with van der Waals surface area (Å²) in [5.41, 5.74) is -0.688. The average Bonchev–Trinajstić information content (AvgIpc) is 2.98. The van der Waals surface area contributed by atoms with Crippen molar-refractivity contribution in [2.24, 2.45) is 28.6 Å². The molecule has 1 heterocycles. The third kappa shape index (κ3) is 3.00. The Kier molecular flexibility index (Phi) is 4.95. The molecule has 3 aliphatic rings. The van der Waals surface area contributed by atoms with E-state index < -0.39 is 5.41 Å². The fraction of sp³-hybridized carbons (Fsp3) is 0.850. The van der Waals surface area contributed by atoms with Gasteiger partial charge in [-0.05, 0) is 56.8 Å². The molecule has 140 valence electrons. The molecule has 25 heavy (non-hydrogen) atoms. The number of methoxy groups -OCH3 is 1. The summed E-state index contributed by atoms with van der Waals surface area (Å²) in [7, 11) is 1.46. The van der Waals surface area contributed by atoms with Gasteiger partial charge in [0.1, 0.15) is 5.78 Å². The fourth-order valence-corrected chi connectivity index (χ4v) is 5.94. The van der Waals surface area contributed by atoms with Crippen LogP contribution in [0.4, 0.5) is 0 Å². The number of Topliss-reactive ketones (excluding diaryl/α,β-unsaturated/α-hetero) is 1. The molecule has 5 atom stereocenters. The normalized spacial score (nSPS) is 41.2. The van der Waals surface area contributed by atoms with Gasteiger partial charge in [0.25, 0.3) is 0 Å². The van der Waals surface area contributed by atoms with Crippen molar-refractivity contribution in [1.29, 1.82) is 0 Å². The predicted molar refractivity (Wildman–Crippen MR) is 91.6 cm³/mol. The standard InChI is InChI=1S/C20H30O5/c1-19-10-4-11-20(2,18(23)24-3)16(19)8-7-15(21)14(19)6-5-13-9-12-25-17(13)22/h13-14,16H,4-12H2,1-3H3/t13?,14-,16?,19+,20-/m0/s1. The van der Waals surface area contributed by atoms with Crippen LogP contribution in [0.1, 0.15) is 65.2 Å². The van der Waals surface area contributed by atoms with Gasteiger partial charge >= 0.3 is 11.9 Å². The number of ether oxygens (including phenoxy) is 2. The van der Waals surface area contributed by atoms with E-state index in [9.17, 15) is 14.4 Å². The van der Waals surface area contributed by atoms with Crippen LogP contribution >= 0.6 is 0 Å². The van der Waals surface area contributed by atoms with E-state index in [2.05, 4.69) is 6.92 Å². The Morgan fingerprint density at radius 3 is 2.60 bits per heavy atom. The summed E-state index contributed by atoms with van der Waals surface area (Å²) in [6.07, 6.45) is 6.24. The summed E-state index contributed by atoms with van der Waals surface area (Å²) in [4.78, 5) is 37.0. The van der Waals surface area contributed by atoms with Crippen LogP contribution in [0, 0.1) is 28.6 Å². The van der Waals surface area contributed by atoms with E-state index in [1.807, 2.05) is 6.92 Å². The highest BCUT2D eigenvalue weighted by atomic mass is 16.5. The van der Waals surface area contributed by atoms with Gasteiger partial charge in [-0.2, -0.15) is 0 Å². The summed E-state index contributed by atoms with van der Waals surface area (Å²) in [5, 5.41) is 0. The molecule has 0 bridgehead atoms. The summed E-state index contributed by atoms with van der Waals surface area (Å²) >= 11 is 0. The maximum atomic E-state index is 12.8. The van der Waals surface area contributed by atoms with E-state index in [1.165, 1.54) is 7.11 Å². The highest BCUT2D eigenvalue weighted by Gasteiger charge is 2.59. The summed E-state index contributed by atoms with van der Waals surface area (Å²) in [5.74, 6) is 0.0823. The van der Waals surface area contributed by atoms with E-state index in [0.717, 1.165) is 38.5 Å². The second-order valence-corrected chi connectivity index (χ2v) is 8.61. The molecular formula is C20H30O5. The monoisotopic (exact) mass is 350 g/mol. The molecule has 2 aliphatic carbocycles. The molecule has 3 rings (SSSR count). The average molecular weight is 350 g/mol. The number of carbonyl (C=O) groups is 3. The molecule has 1 aliphatic heterocycles. The molecule has 2 unspecified atom stereocenters. The van der Waals surface area contributed by atoms with Gasteiger partial charge < -0.3 is 9.47 Å². The number of fused-ring (bicyclic) bond motifs is 1. The molecule has 2 saturated carbocycles. The van der Waals surface area contributed by atoms with Crippen molar-refractivity contribution in [2.45, 2.75) is 65.2 Å². The minimum absolute atomic E-state index is 0.0626. The number of carbonyl (C=O) groups excluding carboxylic acids is 3. The van der Waals surface area contributed by atoms with Gasteiger partial charge in [-0.1, -0.05) is 13.3 Å². The first-order valence-electron chi connectivity index (χ1n) is 9.60. The molecule has 5 nitrogen and oxygen atoms in total. The van der Waals surface area contributed by atoms with E-state index in [1.54, 1.807) is 0 Å². The zero-order valence-electron chi connectivity index (χ0n) is 15.6. The zero-order chi connectivity index (χ0) is 18.2. The summed E-state index contributed by atoms with van der Waals surface area (Å²) in [6.45, 7) is 4.71. The first-order chi connectivity index (χ1) is 11.8. The van der Waals surface area contributed by atoms with Crippen LogP contribution in [0.25, 0.3) is 0 Å². The van der Waals surface area contributed by atoms with E-state index >= 15 is 0 Å². The van der Waals surface area contributed by atoms with Crippen molar-refractivity contribution < 1.29 is 23.9 Å². The smallest absolute Gasteiger partial charge is 0.311 e. The highest BCUT2D eigenvalue weighted by molar-refractivity contribution is 5.84. The number of hydrogen-bond acceptors (Lipinski definition) is 5. The summed E-state index contributed by atoms with van der Waals surface area (Å²) < 4.78 is 10.2. The molecule has 0 aromatic rings. The summed E-state index contributed by atoms with van der Waals surface area (Å²) in [6, 6.07) is 0. The molecular weight excluding hydrogens is 320 g/mol. The topological polar surface area (TPSA) is 69.7 Å². The van der Waals surface area contributed by atoms with Crippen molar-refractivity contribution in [3.63, 3.8) is 0 Å². The van der Waals surface area contributed by atoms with Crippen LogP contribution in [0.5, 0.6) is 0 Å². The van der Waals surface area contributed by atoms with Crippen LogP contribution in [0.15, 0.2) is 0 Å². The van der Waals surface area contributed by atoms with Gasteiger partial charge in [0.2, 0.25) is 0 Å². The van der Waals surface area contributed by atoms with Crippen molar-refractivity contribution in [3.05, 3.63) is 0 Å².